The zero-order chi connectivity index (χ0) is 22.8. The van der Waals surface area contributed by atoms with Gasteiger partial charge in [0, 0.05) is 32.5 Å². The summed E-state index contributed by atoms with van der Waals surface area (Å²) in [5.74, 6) is 0.809. The van der Waals surface area contributed by atoms with Gasteiger partial charge < -0.3 is 15.0 Å². The number of hydrogen-bond donors (Lipinski definition) is 2. The fourth-order valence-corrected chi connectivity index (χ4v) is 4.14. The number of carbonyl (C=O) groups is 1. The Bertz CT molecular complexity index is 967. The van der Waals surface area contributed by atoms with E-state index >= 15 is 0 Å². The minimum atomic E-state index is -0.356. The van der Waals surface area contributed by atoms with Crippen molar-refractivity contribution in [2.75, 3.05) is 20.2 Å². The molecule has 0 aromatic heterocycles. The van der Waals surface area contributed by atoms with Crippen molar-refractivity contribution in [1.29, 1.82) is 0 Å². The summed E-state index contributed by atoms with van der Waals surface area (Å²) in [5, 5.41) is 3.01. The van der Waals surface area contributed by atoms with Crippen LogP contribution >= 0.6 is 0 Å². The first-order valence-electron chi connectivity index (χ1n) is 11.2. The van der Waals surface area contributed by atoms with Crippen LogP contribution < -0.4 is 15.5 Å². The molecule has 2 aromatic carbocycles. The Labute approximate surface area is 190 Å². The normalized spacial score (nSPS) is 17.6. The second kappa shape index (κ2) is 8.87. The van der Waals surface area contributed by atoms with E-state index in [1.165, 1.54) is 5.56 Å². The Morgan fingerprint density at radius 3 is 2.34 bits per heavy atom. The topological polar surface area (TPSA) is 62.8 Å². The number of amides is 2. The molecule has 2 aromatic rings. The van der Waals surface area contributed by atoms with Gasteiger partial charge in [-0.2, -0.15) is 0 Å². The van der Waals surface area contributed by atoms with Crippen molar-refractivity contribution in [3.63, 3.8) is 0 Å². The van der Waals surface area contributed by atoms with Crippen LogP contribution in [0.1, 0.15) is 50.3 Å². The number of methoxy groups -OCH3 is 1. The highest BCUT2D eigenvalue weighted by molar-refractivity contribution is 5.74. The molecule has 1 saturated heterocycles. The highest BCUT2D eigenvalue weighted by Gasteiger charge is 2.39. The van der Waals surface area contributed by atoms with Gasteiger partial charge in [0.2, 0.25) is 0 Å². The highest BCUT2D eigenvalue weighted by atomic mass is 16.7. The van der Waals surface area contributed by atoms with Gasteiger partial charge in [-0.3, -0.25) is 10.3 Å². The smallest absolute Gasteiger partial charge is 0.317 e. The summed E-state index contributed by atoms with van der Waals surface area (Å²) in [7, 11) is 1.64. The summed E-state index contributed by atoms with van der Waals surface area (Å²) in [6, 6.07) is 16.3. The van der Waals surface area contributed by atoms with Gasteiger partial charge in [-0.05, 0) is 40.3 Å². The lowest BCUT2D eigenvalue weighted by atomic mass is 9.86. The maximum absolute atomic E-state index is 12.6. The molecule has 1 fully saturated rings. The Balaban J connectivity index is 1.31. The van der Waals surface area contributed by atoms with E-state index in [9.17, 15) is 4.79 Å². The number of hydrogen-bond acceptors (Lipinski definition) is 4. The second-order valence-electron chi connectivity index (χ2n) is 9.65. The number of ether oxygens (including phenoxy) is 1. The minimum absolute atomic E-state index is 0.0383. The van der Waals surface area contributed by atoms with E-state index < -0.39 is 0 Å². The number of piperidine rings is 1. The lowest BCUT2D eigenvalue weighted by molar-refractivity contribution is -0.0639. The molecule has 1 spiro atoms. The fraction of sp³-hybridized carbons (Fsp3) is 0.423. The van der Waals surface area contributed by atoms with Crippen LogP contribution in [0.3, 0.4) is 0 Å². The van der Waals surface area contributed by atoms with E-state index in [4.69, 9.17) is 9.57 Å². The molecule has 0 saturated carbocycles. The Kier molecular flexibility index (Phi) is 6.15. The summed E-state index contributed by atoms with van der Waals surface area (Å²) in [5.41, 5.74) is 7.38. The summed E-state index contributed by atoms with van der Waals surface area (Å²) < 4.78 is 5.17. The average Bonchev–Trinajstić information content (AvgIpc) is 3.21. The molecule has 4 rings (SSSR count). The van der Waals surface area contributed by atoms with Crippen LogP contribution in [0.25, 0.3) is 5.70 Å². The first-order chi connectivity index (χ1) is 15.3. The minimum Gasteiger partial charge on any atom is -0.497 e. The largest absolute Gasteiger partial charge is 0.497 e. The Morgan fingerprint density at radius 2 is 1.75 bits per heavy atom. The quantitative estimate of drug-likeness (QED) is 0.736. The van der Waals surface area contributed by atoms with Gasteiger partial charge in [-0.15, -0.1) is 0 Å². The molecule has 6 heteroatoms. The van der Waals surface area contributed by atoms with Crippen LogP contribution in [-0.4, -0.2) is 36.7 Å². The van der Waals surface area contributed by atoms with Gasteiger partial charge in [0.05, 0.1) is 12.8 Å². The van der Waals surface area contributed by atoms with E-state index in [1.807, 2.05) is 29.2 Å². The van der Waals surface area contributed by atoms with Crippen molar-refractivity contribution < 1.29 is 14.4 Å². The van der Waals surface area contributed by atoms with Gasteiger partial charge in [-0.1, -0.05) is 57.2 Å². The first kappa shape index (κ1) is 22.2. The molecular formula is C26H33N3O3. The van der Waals surface area contributed by atoms with E-state index in [2.05, 4.69) is 61.9 Å². The number of hydroxylamine groups is 1. The van der Waals surface area contributed by atoms with Crippen LogP contribution in [-0.2, 0) is 16.8 Å². The number of urea groups is 1. The van der Waals surface area contributed by atoms with Crippen molar-refractivity contribution in [3.8, 4) is 5.75 Å². The van der Waals surface area contributed by atoms with E-state index in [0.29, 0.717) is 19.6 Å². The average molecular weight is 436 g/mol. The van der Waals surface area contributed by atoms with Crippen LogP contribution in [0.4, 0.5) is 4.79 Å². The zero-order valence-electron chi connectivity index (χ0n) is 19.4. The lowest BCUT2D eigenvalue weighted by Crippen LogP contribution is -2.49. The molecule has 32 heavy (non-hydrogen) atoms. The first-order valence-corrected chi connectivity index (χ1v) is 11.2. The molecule has 6 nitrogen and oxygen atoms in total. The third-order valence-corrected chi connectivity index (χ3v) is 6.33. The van der Waals surface area contributed by atoms with Crippen molar-refractivity contribution in [3.05, 3.63) is 71.3 Å². The number of carbonyl (C=O) groups excluding carboxylic acids is 1. The zero-order valence-corrected chi connectivity index (χ0v) is 19.4. The van der Waals surface area contributed by atoms with Crippen molar-refractivity contribution in [2.24, 2.45) is 0 Å². The van der Waals surface area contributed by atoms with Gasteiger partial charge in [0.15, 0.2) is 0 Å². The van der Waals surface area contributed by atoms with Crippen LogP contribution in [0.2, 0.25) is 0 Å². The maximum Gasteiger partial charge on any atom is 0.317 e. The van der Waals surface area contributed by atoms with Crippen molar-refractivity contribution in [1.82, 2.24) is 15.7 Å². The summed E-state index contributed by atoms with van der Waals surface area (Å²) in [6.45, 7) is 8.46. The van der Waals surface area contributed by atoms with E-state index in [0.717, 1.165) is 35.4 Å². The SMILES string of the molecule is COc1ccc(CNC(=O)N2CCC3(C=C(c4ccc(C(C)(C)C)cc4)NO3)CC2)cc1. The van der Waals surface area contributed by atoms with Crippen LogP contribution in [0, 0.1) is 0 Å². The summed E-state index contributed by atoms with van der Waals surface area (Å²) in [6.07, 6.45) is 3.71. The number of nitrogens with one attached hydrogen (secondary N) is 2. The predicted octanol–water partition coefficient (Wildman–Crippen LogP) is 4.61. The second-order valence-corrected chi connectivity index (χ2v) is 9.65. The molecule has 0 aliphatic carbocycles. The van der Waals surface area contributed by atoms with E-state index in [-0.39, 0.29) is 17.0 Å². The van der Waals surface area contributed by atoms with Crippen LogP contribution in [0.15, 0.2) is 54.6 Å². The highest BCUT2D eigenvalue weighted by Crippen LogP contribution is 2.35. The van der Waals surface area contributed by atoms with Crippen molar-refractivity contribution >= 4 is 11.7 Å². The molecule has 2 aliphatic rings. The molecule has 2 heterocycles. The number of benzene rings is 2. The lowest BCUT2D eigenvalue weighted by Gasteiger charge is -2.36. The van der Waals surface area contributed by atoms with Gasteiger partial charge in [0.1, 0.15) is 11.4 Å². The van der Waals surface area contributed by atoms with Gasteiger partial charge in [0.25, 0.3) is 0 Å². The molecule has 2 N–H and O–H groups in total. The van der Waals surface area contributed by atoms with Crippen LogP contribution in [0.5, 0.6) is 5.75 Å². The Morgan fingerprint density at radius 1 is 1.09 bits per heavy atom. The molecule has 0 bridgehead atoms. The fourth-order valence-electron chi connectivity index (χ4n) is 4.14. The maximum atomic E-state index is 12.6. The molecular weight excluding hydrogens is 402 g/mol. The predicted molar refractivity (Wildman–Crippen MR) is 126 cm³/mol. The molecule has 170 valence electrons. The number of nitrogens with zero attached hydrogens (tertiary/aromatic N) is 1. The van der Waals surface area contributed by atoms with Gasteiger partial charge >= 0.3 is 6.03 Å². The monoisotopic (exact) mass is 435 g/mol. The molecule has 2 aliphatic heterocycles. The molecule has 0 atom stereocenters. The molecule has 2 amide bonds. The molecule has 0 unspecified atom stereocenters. The molecule has 0 radical (unpaired) electrons. The standard InChI is InChI=1S/C26H33N3O3/c1-25(2,3)21-9-7-20(8-10-21)23-17-26(32-28-23)13-15-29(16-14-26)24(30)27-18-19-5-11-22(31-4)12-6-19/h5-12,17,28H,13-16,18H2,1-4H3,(H,27,30). The van der Waals surface area contributed by atoms with Crippen molar-refractivity contribution in [2.45, 2.75) is 51.2 Å². The third-order valence-electron chi connectivity index (χ3n) is 6.33. The third kappa shape index (κ3) is 4.91. The number of likely N-dealkylation sites (tertiary alicyclic amines) is 1. The summed E-state index contributed by atoms with van der Waals surface area (Å²) in [4.78, 5) is 20.5. The Hall–Kier alpha value is -2.99. The summed E-state index contributed by atoms with van der Waals surface area (Å²) >= 11 is 0. The number of rotatable bonds is 4. The van der Waals surface area contributed by atoms with E-state index in [1.54, 1.807) is 7.11 Å². The van der Waals surface area contributed by atoms with Gasteiger partial charge in [-0.25, -0.2) is 4.79 Å².